The van der Waals surface area contributed by atoms with Crippen LogP contribution in [-0.2, 0) is 16.6 Å². The molecular formula is C17H18N2O5S. The van der Waals surface area contributed by atoms with E-state index in [9.17, 15) is 8.42 Å². The maximum Gasteiger partial charge on any atom is 0.240 e. The number of hydrogen-bond acceptors (Lipinski definition) is 6. The highest BCUT2D eigenvalue weighted by Gasteiger charge is 2.17. The molecule has 1 N–H and O–H groups in total. The summed E-state index contributed by atoms with van der Waals surface area (Å²) in [5.41, 5.74) is 0.853. The zero-order valence-electron chi connectivity index (χ0n) is 14.1. The van der Waals surface area contributed by atoms with Crippen LogP contribution in [0.4, 0.5) is 0 Å². The monoisotopic (exact) mass is 362 g/mol. The molecule has 0 amide bonds. The van der Waals surface area contributed by atoms with Crippen molar-refractivity contribution in [1.29, 1.82) is 5.26 Å². The van der Waals surface area contributed by atoms with Gasteiger partial charge in [0.1, 0.15) is 5.75 Å². The lowest BCUT2D eigenvalue weighted by Gasteiger charge is -2.14. The number of benzene rings is 2. The Morgan fingerprint density at radius 1 is 1.00 bits per heavy atom. The van der Waals surface area contributed by atoms with Gasteiger partial charge in [-0.2, -0.15) is 5.26 Å². The quantitative estimate of drug-likeness (QED) is 0.810. The van der Waals surface area contributed by atoms with Crippen molar-refractivity contribution in [3.63, 3.8) is 0 Å². The fraction of sp³-hybridized carbons (Fsp3) is 0.235. The fourth-order valence-electron chi connectivity index (χ4n) is 2.22. The smallest absolute Gasteiger partial charge is 0.240 e. The predicted molar refractivity (Wildman–Crippen MR) is 91.3 cm³/mol. The number of methoxy groups -OCH3 is 3. The standard InChI is InChI=1S/C17H18N2O5S/c1-22-15-9-17(24-3)16(23-2)8-13(15)11-19-25(20,21)14-6-4-5-12(7-14)10-18/h4-9,19H,11H2,1-3H3. The van der Waals surface area contributed by atoms with Crippen molar-refractivity contribution in [2.45, 2.75) is 11.4 Å². The average Bonchev–Trinajstić information content (AvgIpc) is 2.65. The van der Waals surface area contributed by atoms with E-state index in [1.807, 2.05) is 6.07 Å². The van der Waals surface area contributed by atoms with Crippen LogP contribution in [0.5, 0.6) is 17.2 Å². The van der Waals surface area contributed by atoms with Crippen LogP contribution in [0.3, 0.4) is 0 Å². The Morgan fingerprint density at radius 3 is 2.24 bits per heavy atom. The van der Waals surface area contributed by atoms with Gasteiger partial charge in [-0.3, -0.25) is 0 Å². The SMILES string of the molecule is COc1cc(OC)c(OC)cc1CNS(=O)(=O)c1cccc(C#N)c1. The van der Waals surface area contributed by atoms with Gasteiger partial charge in [0.15, 0.2) is 11.5 Å². The number of nitriles is 1. The van der Waals surface area contributed by atoms with Gasteiger partial charge < -0.3 is 14.2 Å². The maximum atomic E-state index is 12.4. The second-order valence-electron chi connectivity index (χ2n) is 4.98. The predicted octanol–water partition coefficient (Wildman–Crippen LogP) is 2.06. The van der Waals surface area contributed by atoms with Crippen LogP contribution in [-0.4, -0.2) is 29.7 Å². The van der Waals surface area contributed by atoms with Gasteiger partial charge in [0.05, 0.1) is 37.9 Å². The topological polar surface area (TPSA) is 97.7 Å². The van der Waals surface area contributed by atoms with Gasteiger partial charge in [-0.25, -0.2) is 13.1 Å². The van der Waals surface area contributed by atoms with Gasteiger partial charge in [-0.1, -0.05) is 6.07 Å². The molecule has 2 aromatic carbocycles. The molecule has 0 fully saturated rings. The van der Waals surface area contributed by atoms with Crippen LogP contribution >= 0.6 is 0 Å². The molecule has 7 nitrogen and oxygen atoms in total. The van der Waals surface area contributed by atoms with Gasteiger partial charge in [0, 0.05) is 18.2 Å². The molecule has 0 spiro atoms. The number of nitrogens with one attached hydrogen (secondary N) is 1. The van der Waals surface area contributed by atoms with E-state index in [-0.39, 0.29) is 17.0 Å². The van der Waals surface area contributed by atoms with Crippen LogP contribution in [0.2, 0.25) is 0 Å². The highest BCUT2D eigenvalue weighted by Crippen LogP contribution is 2.34. The van der Waals surface area contributed by atoms with E-state index < -0.39 is 10.0 Å². The Morgan fingerprint density at radius 2 is 1.64 bits per heavy atom. The molecule has 2 rings (SSSR count). The van der Waals surface area contributed by atoms with E-state index in [2.05, 4.69) is 4.72 Å². The summed E-state index contributed by atoms with van der Waals surface area (Å²) in [6.45, 7) is -0.0113. The zero-order chi connectivity index (χ0) is 18.4. The molecule has 8 heteroatoms. The van der Waals surface area contributed by atoms with Crippen LogP contribution in [0.1, 0.15) is 11.1 Å². The average molecular weight is 362 g/mol. The van der Waals surface area contributed by atoms with Crippen LogP contribution in [0.15, 0.2) is 41.3 Å². The molecule has 0 saturated heterocycles. The zero-order valence-corrected chi connectivity index (χ0v) is 14.9. The van der Waals surface area contributed by atoms with E-state index in [1.54, 1.807) is 12.1 Å². The number of sulfonamides is 1. The van der Waals surface area contributed by atoms with Crippen molar-refractivity contribution < 1.29 is 22.6 Å². The highest BCUT2D eigenvalue weighted by molar-refractivity contribution is 7.89. The molecule has 0 aliphatic heterocycles. The summed E-state index contributed by atoms with van der Waals surface area (Å²) >= 11 is 0. The lowest BCUT2D eigenvalue weighted by Crippen LogP contribution is -2.23. The normalized spacial score (nSPS) is 10.8. The summed E-state index contributed by atoms with van der Waals surface area (Å²) in [6.07, 6.45) is 0. The van der Waals surface area contributed by atoms with Crippen molar-refractivity contribution in [2.24, 2.45) is 0 Å². The van der Waals surface area contributed by atoms with Crippen molar-refractivity contribution in [1.82, 2.24) is 4.72 Å². The summed E-state index contributed by atoms with van der Waals surface area (Å²) in [6, 6.07) is 11.0. The third-order valence-corrected chi connectivity index (χ3v) is 4.91. The van der Waals surface area contributed by atoms with E-state index in [1.165, 1.54) is 45.6 Å². The first-order valence-corrected chi connectivity index (χ1v) is 8.72. The van der Waals surface area contributed by atoms with Crippen LogP contribution in [0, 0.1) is 11.3 Å². The minimum atomic E-state index is -3.78. The van der Waals surface area contributed by atoms with Gasteiger partial charge in [0.25, 0.3) is 0 Å². The van der Waals surface area contributed by atoms with E-state index >= 15 is 0 Å². The van der Waals surface area contributed by atoms with Gasteiger partial charge in [-0.05, 0) is 24.3 Å². The molecule has 132 valence electrons. The largest absolute Gasteiger partial charge is 0.496 e. The van der Waals surface area contributed by atoms with Gasteiger partial charge in [0.2, 0.25) is 10.0 Å². The van der Waals surface area contributed by atoms with E-state index in [4.69, 9.17) is 19.5 Å². The Kier molecular flexibility index (Phi) is 5.85. The summed E-state index contributed by atoms with van der Waals surface area (Å²) in [7, 11) is 0.695. The Labute approximate surface area is 146 Å². The summed E-state index contributed by atoms with van der Waals surface area (Å²) in [5.74, 6) is 1.41. The van der Waals surface area contributed by atoms with Gasteiger partial charge in [-0.15, -0.1) is 0 Å². The Hall–Kier alpha value is -2.76. The lowest BCUT2D eigenvalue weighted by atomic mass is 10.1. The highest BCUT2D eigenvalue weighted by atomic mass is 32.2. The molecular weight excluding hydrogens is 344 g/mol. The maximum absolute atomic E-state index is 12.4. The molecule has 0 radical (unpaired) electrons. The Bertz CT molecular complexity index is 904. The fourth-order valence-corrected chi connectivity index (χ4v) is 3.27. The molecule has 0 aliphatic carbocycles. The minimum Gasteiger partial charge on any atom is -0.496 e. The Balaban J connectivity index is 2.29. The third kappa shape index (κ3) is 4.21. The minimum absolute atomic E-state index is 0.0113. The summed E-state index contributed by atoms with van der Waals surface area (Å²) in [4.78, 5) is 0.0194. The van der Waals surface area contributed by atoms with E-state index in [0.29, 0.717) is 22.8 Å². The number of hydrogen-bond donors (Lipinski definition) is 1. The number of nitrogens with zero attached hydrogens (tertiary/aromatic N) is 1. The molecule has 0 aliphatic rings. The van der Waals surface area contributed by atoms with Crippen molar-refractivity contribution >= 4 is 10.0 Å². The molecule has 2 aromatic rings. The van der Waals surface area contributed by atoms with Crippen molar-refractivity contribution in [3.05, 3.63) is 47.5 Å². The van der Waals surface area contributed by atoms with Crippen molar-refractivity contribution in [2.75, 3.05) is 21.3 Å². The first-order valence-electron chi connectivity index (χ1n) is 7.24. The van der Waals surface area contributed by atoms with Crippen LogP contribution < -0.4 is 18.9 Å². The second-order valence-corrected chi connectivity index (χ2v) is 6.75. The molecule has 0 unspecified atom stereocenters. The number of rotatable bonds is 7. The lowest BCUT2D eigenvalue weighted by molar-refractivity contribution is 0.347. The summed E-state index contributed by atoms with van der Waals surface area (Å²) in [5, 5.41) is 8.90. The third-order valence-electron chi connectivity index (χ3n) is 3.51. The summed E-state index contributed by atoms with van der Waals surface area (Å²) < 4.78 is 43.1. The van der Waals surface area contributed by atoms with Crippen molar-refractivity contribution in [3.8, 4) is 23.3 Å². The molecule has 25 heavy (non-hydrogen) atoms. The van der Waals surface area contributed by atoms with E-state index in [0.717, 1.165) is 0 Å². The number of ether oxygens (including phenoxy) is 3. The molecule has 0 saturated carbocycles. The second kappa shape index (κ2) is 7.88. The molecule has 0 atom stereocenters. The first-order chi connectivity index (χ1) is 11.9. The van der Waals surface area contributed by atoms with Gasteiger partial charge >= 0.3 is 0 Å². The molecule has 0 aromatic heterocycles. The first kappa shape index (κ1) is 18.6. The van der Waals surface area contributed by atoms with Crippen LogP contribution in [0.25, 0.3) is 0 Å². The molecule has 0 bridgehead atoms. The molecule has 0 heterocycles.